The number of imide groups is 1. The van der Waals surface area contributed by atoms with Gasteiger partial charge in [0.2, 0.25) is 0 Å². The van der Waals surface area contributed by atoms with Gasteiger partial charge < -0.3 is 19.5 Å². The number of ether oxygens (including phenoxy) is 3. The highest BCUT2D eigenvalue weighted by Gasteiger charge is 2.47. The fourth-order valence-electron chi connectivity index (χ4n) is 3.46. The lowest BCUT2D eigenvalue weighted by Crippen LogP contribution is -2.44. The number of rotatable bonds is 8. The highest BCUT2D eigenvalue weighted by Crippen LogP contribution is 2.34. The first-order chi connectivity index (χ1) is 14.3. The smallest absolute Gasteiger partial charge is 0.325 e. The van der Waals surface area contributed by atoms with Crippen molar-refractivity contribution >= 4 is 27.9 Å². The molecular formula is C22H25BrN2O5. The summed E-state index contributed by atoms with van der Waals surface area (Å²) in [6.07, 6.45) is 1.14. The van der Waals surface area contributed by atoms with Crippen molar-refractivity contribution in [2.45, 2.75) is 31.8 Å². The van der Waals surface area contributed by atoms with E-state index in [0.717, 1.165) is 15.8 Å². The Kier molecular flexibility index (Phi) is 6.55. The van der Waals surface area contributed by atoms with Crippen LogP contribution in [-0.2, 0) is 17.8 Å². The second kappa shape index (κ2) is 8.95. The number of hydrogen-bond acceptors (Lipinski definition) is 5. The molecule has 1 atom stereocenters. The summed E-state index contributed by atoms with van der Waals surface area (Å²) in [6.45, 7) is 1.85. The molecule has 1 N–H and O–H groups in total. The van der Waals surface area contributed by atoms with Gasteiger partial charge in [-0.1, -0.05) is 12.1 Å². The maximum absolute atomic E-state index is 13.1. The predicted octanol–water partition coefficient (Wildman–Crippen LogP) is 3.92. The molecule has 2 aromatic rings. The summed E-state index contributed by atoms with van der Waals surface area (Å²) < 4.78 is 16.7. The third kappa shape index (κ3) is 4.38. The third-order valence-corrected chi connectivity index (χ3v) is 5.92. The normalized spacial score (nSPS) is 18.4. The molecule has 1 saturated heterocycles. The minimum absolute atomic E-state index is 0.0929. The molecule has 3 rings (SSSR count). The molecule has 0 aliphatic carbocycles. The number of hydrogen-bond donors (Lipinski definition) is 1. The van der Waals surface area contributed by atoms with E-state index in [9.17, 15) is 9.59 Å². The van der Waals surface area contributed by atoms with Gasteiger partial charge in [-0.3, -0.25) is 9.69 Å². The molecule has 8 heteroatoms. The van der Waals surface area contributed by atoms with Gasteiger partial charge in [-0.05, 0) is 65.5 Å². The van der Waals surface area contributed by atoms with Crippen molar-refractivity contribution in [2.24, 2.45) is 0 Å². The highest BCUT2D eigenvalue weighted by molar-refractivity contribution is 9.10. The van der Waals surface area contributed by atoms with Crippen LogP contribution in [0.25, 0.3) is 0 Å². The number of nitrogens with one attached hydrogen (secondary N) is 1. The number of amides is 3. The topological polar surface area (TPSA) is 77.1 Å². The summed E-state index contributed by atoms with van der Waals surface area (Å²) in [7, 11) is 4.72. The molecule has 3 amide bonds. The van der Waals surface area contributed by atoms with Crippen LogP contribution in [-0.4, -0.2) is 43.7 Å². The molecule has 1 fully saturated rings. The van der Waals surface area contributed by atoms with Crippen molar-refractivity contribution in [1.82, 2.24) is 10.2 Å². The number of carbonyl (C=O) groups excluding carboxylic acids is 2. The van der Waals surface area contributed by atoms with Crippen LogP contribution in [0.3, 0.4) is 0 Å². The standard InChI is InChI=1S/C22H25BrN2O5/c1-22(10-9-14-5-7-16(28-2)8-6-14)20(26)25(21(27)24-22)13-15-11-19(30-4)17(23)12-18(15)29-3/h5-8,11-12H,9-10,13H2,1-4H3,(H,24,27). The van der Waals surface area contributed by atoms with Gasteiger partial charge in [-0.25, -0.2) is 4.79 Å². The fourth-order valence-corrected chi connectivity index (χ4v) is 3.95. The van der Waals surface area contributed by atoms with Gasteiger partial charge in [0.25, 0.3) is 5.91 Å². The van der Waals surface area contributed by atoms with Crippen molar-refractivity contribution in [1.29, 1.82) is 0 Å². The van der Waals surface area contributed by atoms with E-state index < -0.39 is 11.6 Å². The Labute approximate surface area is 184 Å². The SMILES string of the molecule is COc1ccc(CCC2(C)NC(=O)N(Cc3cc(OC)c(Br)cc3OC)C2=O)cc1. The lowest BCUT2D eigenvalue weighted by molar-refractivity contribution is -0.131. The quantitative estimate of drug-likeness (QED) is 0.584. The Morgan fingerprint density at radius 1 is 1.00 bits per heavy atom. The van der Waals surface area contributed by atoms with E-state index in [4.69, 9.17) is 14.2 Å². The van der Waals surface area contributed by atoms with Crippen molar-refractivity contribution in [3.63, 3.8) is 0 Å². The molecule has 7 nitrogen and oxygen atoms in total. The minimum Gasteiger partial charge on any atom is -0.497 e. The maximum atomic E-state index is 13.1. The summed E-state index contributed by atoms with van der Waals surface area (Å²) in [5, 5.41) is 2.85. The molecule has 1 aliphatic heterocycles. The molecule has 1 aliphatic rings. The first-order valence-corrected chi connectivity index (χ1v) is 10.3. The van der Waals surface area contributed by atoms with Gasteiger partial charge in [-0.15, -0.1) is 0 Å². The van der Waals surface area contributed by atoms with E-state index >= 15 is 0 Å². The molecule has 0 bridgehead atoms. The van der Waals surface area contributed by atoms with Crippen LogP contribution >= 0.6 is 15.9 Å². The number of aryl methyl sites for hydroxylation is 1. The second-order valence-electron chi connectivity index (χ2n) is 7.30. The Morgan fingerprint density at radius 2 is 1.67 bits per heavy atom. The summed E-state index contributed by atoms with van der Waals surface area (Å²) in [6, 6.07) is 10.8. The summed E-state index contributed by atoms with van der Waals surface area (Å²) in [5.74, 6) is 1.68. The molecule has 1 unspecified atom stereocenters. The van der Waals surface area contributed by atoms with Gasteiger partial charge in [0.05, 0.1) is 32.3 Å². The maximum Gasteiger partial charge on any atom is 0.325 e. The van der Waals surface area contributed by atoms with E-state index in [-0.39, 0.29) is 12.5 Å². The monoisotopic (exact) mass is 476 g/mol. The van der Waals surface area contributed by atoms with Crippen LogP contribution in [0.2, 0.25) is 0 Å². The molecular weight excluding hydrogens is 452 g/mol. The van der Waals surface area contributed by atoms with Crippen LogP contribution in [0.5, 0.6) is 17.2 Å². The average Bonchev–Trinajstić information content (AvgIpc) is 2.96. The van der Waals surface area contributed by atoms with E-state index in [0.29, 0.717) is 29.9 Å². The lowest BCUT2D eigenvalue weighted by atomic mass is 9.93. The number of halogens is 1. The zero-order valence-corrected chi connectivity index (χ0v) is 19.0. The molecule has 0 saturated carbocycles. The van der Waals surface area contributed by atoms with E-state index in [1.807, 2.05) is 24.3 Å². The van der Waals surface area contributed by atoms with Crippen molar-refractivity contribution in [2.75, 3.05) is 21.3 Å². The average molecular weight is 477 g/mol. The molecule has 0 radical (unpaired) electrons. The van der Waals surface area contributed by atoms with E-state index in [2.05, 4.69) is 21.2 Å². The van der Waals surface area contributed by atoms with Crippen LogP contribution in [0.1, 0.15) is 24.5 Å². The Bertz CT molecular complexity index is 947. The Balaban J connectivity index is 1.75. The van der Waals surface area contributed by atoms with Crippen molar-refractivity contribution in [3.8, 4) is 17.2 Å². The summed E-state index contributed by atoms with van der Waals surface area (Å²) >= 11 is 3.42. The first kappa shape index (κ1) is 22.0. The molecule has 0 aromatic heterocycles. The number of urea groups is 1. The largest absolute Gasteiger partial charge is 0.497 e. The van der Waals surface area contributed by atoms with Gasteiger partial charge in [-0.2, -0.15) is 0 Å². The number of nitrogens with zero attached hydrogens (tertiary/aromatic N) is 1. The number of benzene rings is 2. The molecule has 30 heavy (non-hydrogen) atoms. The zero-order valence-electron chi connectivity index (χ0n) is 17.5. The summed E-state index contributed by atoms with van der Waals surface area (Å²) in [5.41, 5.74) is 0.779. The van der Waals surface area contributed by atoms with Crippen LogP contribution < -0.4 is 19.5 Å². The second-order valence-corrected chi connectivity index (χ2v) is 8.15. The van der Waals surface area contributed by atoms with E-state index in [1.165, 1.54) is 4.90 Å². The number of methoxy groups -OCH3 is 3. The third-order valence-electron chi connectivity index (χ3n) is 5.30. The van der Waals surface area contributed by atoms with Crippen LogP contribution in [0, 0.1) is 0 Å². The molecule has 0 spiro atoms. The zero-order chi connectivity index (χ0) is 21.9. The minimum atomic E-state index is -0.969. The Hall–Kier alpha value is -2.74. The number of carbonyl (C=O) groups is 2. The predicted molar refractivity (Wildman–Crippen MR) is 116 cm³/mol. The van der Waals surface area contributed by atoms with Crippen molar-refractivity contribution < 1.29 is 23.8 Å². The highest BCUT2D eigenvalue weighted by atomic mass is 79.9. The Morgan fingerprint density at radius 3 is 2.27 bits per heavy atom. The summed E-state index contributed by atoms with van der Waals surface area (Å²) in [4.78, 5) is 27.0. The van der Waals surface area contributed by atoms with Gasteiger partial charge in [0.15, 0.2) is 0 Å². The van der Waals surface area contributed by atoms with Crippen LogP contribution in [0.4, 0.5) is 4.79 Å². The van der Waals surface area contributed by atoms with E-state index in [1.54, 1.807) is 40.4 Å². The van der Waals surface area contributed by atoms with Gasteiger partial charge >= 0.3 is 6.03 Å². The van der Waals surface area contributed by atoms with Gasteiger partial charge in [0, 0.05) is 5.56 Å². The lowest BCUT2D eigenvalue weighted by Gasteiger charge is -2.22. The molecule has 2 aromatic carbocycles. The van der Waals surface area contributed by atoms with Crippen molar-refractivity contribution in [3.05, 3.63) is 52.0 Å². The molecule has 1 heterocycles. The fraction of sp³-hybridized carbons (Fsp3) is 0.364. The van der Waals surface area contributed by atoms with Gasteiger partial charge in [0.1, 0.15) is 22.8 Å². The van der Waals surface area contributed by atoms with Crippen LogP contribution in [0.15, 0.2) is 40.9 Å². The molecule has 160 valence electrons. The first-order valence-electron chi connectivity index (χ1n) is 9.48.